The quantitative estimate of drug-likeness (QED) is 0.732. The lowest BCUT2D eigenvalue weighted by Crippen LogP contribution is -2.44. The summed E-state index contributed by atoms with van der Waals surface area (Å²) in [4.78, 5) is 8.30. The molecule has 0 aliphatic carbocycles. The zero-order valence-electron chi connectivity index (χ0n) is 13.4. The van der Waals surface area contributed by atoms with Crippen LogP contribution in [-0.2, 0) is 24.4 Å². The highest BCUT2D eigenvalue weighted by Crippen LogP contribution is 2.36. The topological polar surface area (TPSA) is 43.4 Å². The lowest BCUT2D eigenvalue weighted by molar-refractivity contribution is -0.0821. The maximum absolute atomic E-state index is 6.29. The first-order valence-corrected chi connectivity index (χ1v) is 9.15. The minimum absolute atomic E-state index is 0.0938. The van der Waals surface area contributed by atoms with Gasteiger partial charge in [-0.2, -0.15) is 0 Å². The minimum Gasteiger partial charge on any atom is -0.472 e. The monoisotopic (exact) mass is 341 g/mol. The van der Waals surface area contributed by atoms with Gasteiger partial charge in [-0.15, -0.1) is 11.3 Å². The lowest BCUT2D eigenvalue weighted by Gasteiger charge is -2.35. The Morgan fingerprint density at radius 3 is 3.12 bits per heavy atom. The molecule has 0 N–H and O–H groups in total. The number of hydrogen-bond donors (Lipinski definition) is 0. The van der Waals surface area contributed by atoms with Crippen molar-refractivity contribution in [2.75, 3.05) is 13.1 Å². The van der Waals surface area contributed by atoms with E-state index in [1.165, 1.54) is 16.1 Å². The molecule has 1 saturated heterocycles. The third-order valence-corrected chi connectivity index (χ3v) is 5.94. The van der Waals surface area contributed by atoms with Crippen molar-refractivity contribution in [3.05, 3.63) is 53.7 Å². The van der Waals surface area contributed by atoms with E-state index in [9.17, 15) is 0 Å². The number of aromatic nitrogens is 2. The van der Waals surface area contributed by atoms with E-state index >= 15 is 0 Å². The van der Waals surface area contributed by atoms with Gasteiger partial charge in [0.1, 0.15) is 18.0 Å². The molecule has 2 aliphatic heterocycles. The van der Waals surface area contributed by atoms with E-state index < -0.39 is 0 Å². The number of rotatable bonds is 3. The predicted molar refractivity (Wildman–Crippen MR) is 91.7 cm³/mol. The van der Waals surface area contributed by atoms with E-state index in [1.54, 1.807) is 17.6 Å². The Hall–Kier alpha value is -1.89. The molecule has 5 rings (SSSR count). The number of hydrogen-bond acceptors (Lipinski definition) is 5. The van der Waals surface area contributed by atoms with Crippen LogP contribution in [0.3, 0.4) is 0 Å². The summed E-state index contributed by atoms with van der Waals surface area (Å²) in [6, 6.07) is 6.30. The fourth-order valence-electron chi connectivity index (χ4n) is 3.83. The molecular weight excluding hydrogens is 322 g/mol. The van der Waals surface area contributed by atoms with E-state index in [0.29, 0.717) is 6.61 Å². The molecule has 1 spiro atoms. The zero-order valence-corrected chi connectivity index (χ0v) is 14.2. The van der Waals surface area contributed by atoms with Crippen LogP contribution in [0.1, 0.15) is 17.8 Å². The van der Waals surface area contributed by atoms with E-state index in [0.717, 1.165) is 38.4 Å². The van der Waals surface area contributed by atoms with Gasteiger partial charge in [-0.05, 0) is 23.9 Å². The van der Waals surface area contributed by atoms with Crippen LogP contribution in [0.15, 0.2) is 46.7 Å². The van der Waals surface area contributed by atoms with Crippen LogP contribution in [0, 0.1) is 0 Å². The van der Waals surface area contributed by atoms with Crippen LogP contribution < -0.4 is 0 Å². The summed E-state index contributed by atoms with van der Waals surface area (Å²) >= 11 is 1.77. The Morgan fingerprint density at radius 2 is 2.29 bits per heavy atom. The van der Waals surface area contributed by atoms with Gasteiger partial charge < -0.3 is 13.7 Å². The molecule has 0 radical (unpaired) electrons. The molecular formula is C18H19N3O2S. The minimum atomic E-state index is -0.0938. The average Bonchev–Trinajstić information content (AvgIpc) is 3.35. The van der Waals surface area contributed by atoms with Gasteiger partial charge in [0.15, 0.2) is 0 Å². The molecule has 0 saturated carbocycles. The summed E-state index contributed by atoms with van der Waals surface area (Å²) in [6.45, 7) is 4.43. The summed E-state index contributed by atoms with van der Waals surface area (Å²) in [6.07, 6.45) is 6.62. The maximum Gasteiger partial charge on any atom is 0.135 e. The smallest absolute Gasteiger partial charge is 0.135 e. The van der Waals surface area contributed by atoms with Crippen molar-refractivity contribution in [1.82, 2.24) is 14.5 Å². The molecule has 2 aliphatic rings. The first-order chi connectivity index (χ1) is 11.8. The van der Waals surface area contributed by atoms with Crippen LogP contribution in [0.2, 0.25) is 0 Å². The second-order valence-electron chi connectivity index (χ2n) is 6.69. The second kappa shape index (κ2) is 5.58. The summed E-state index contributed by atoms with van der Waals surface area (Å²) < 4.78 is 13.8. The fraction of sp³-hybridized carbons (Fsp3) is 0.389. The summed E-state index contributed by atoms with van der Waals surface area (Å²) in [5.74, 6) is 1.04. The number of likely N-dealkylation sites (tertiary alicyclic amines) is 1. The summed E-state index contributed by atoms with van der Waals surface area (Å²) in [7, 11) is 0. The van der Waals surface area contributed by atoms with E-state index in [1.807, 2.05) is 18.5 Å². The molecule has 0 unspecified atom stereocenters. The molecule has 1 fully saturated rings. The Balaban J connectivity index is 1.38. The van der Waals surface area contributed by atoms with E-state index in [2.05, 4.69) is 32.0 Å². The third kappa shape index (κ3) is 2.42. The number of imidazole rings is 1. The summed E-state index contributed by atoms with van der Waals surface area (Å²) in [5.41, 5.74) is 2.35. The largest absolute Gasteiger partial charge is 0.472 e. The molecule has 1 atom stereocenters. The van der Waals surface area contributed by atoms with Gasteiger partial charge >= 0.3 is 0 Å². The van der Waals surface area contributed by atoms with Gasteiger partial charge in [-0.25, -0.2) is 4.98 Å². The van der Waals surface area contributed by atoms with Crippen molar-refractivity contribution in [3.8, 4) is 10.6 Å². The van der Waals surface area contributed by atoms with Gasteiger partial charge in [0.05, 0.1) is 35.8 Å². The molecule has 3 aromatic heterocycles. The lowest BCUT2D eigenvalue weighted by atomic mass is 10.0. The van der Waals surface area contributed by atoms with Crippen molar-refractivity contribution >= 4 is 11.3 Å². The SMILES string of the molecule is c1csc(-c2cnc3n2C[C@@]2(CCN(Cc4ccoc4)C2)OC3)c1. The van der Waals surface area contributed by atoms with E-state index in [-0.39, 0.29) is 5.60 Å². The van der Waals surface area contributed by atoms with Crippen LogP contribution in [0.25, 0.3) is 10.6 Å². The molecule has 5 nitrogen and oxygen atoms in total. The molecule has 24 heavy (non-hydrogen) atoms. The first-order valence-electron chi connectivity index (χ1n) is 8.27. The second-order valence-corrected chi connectivity index (χ2v) is 7.63. The molecule has 0 amide bonds. The van der Waals surface area contributed by atoms with Crippen molar-refractivity contribution in [1.29, 1.82) is 0 Å². The summed E-state index contributed by atoms with van der Waals surface area (Å²) in [5, 5.41) is 2.12. The maximum atomic E-state index is 6.29. The van der Waals surface area contributed by atoms with Crippen molar-refractivity contribution in [2.24, 2.45) is 0 Å². The van der Waals surface area contributed by atoms with Gasteiger partial charge in [0.2, 0.25) is 0 Å². The molecule has 6 heteroatoms. The van der Waals surface area contributed by atoms with Crippen LogP contribution in [0.4, 0.5) is 0 Å². The van der Waals surface area contributed by atoms with Crippen LogP contribution >= 0.6 is 11.3 Å². The Morgan fingerprint density at radius 1 is 1.29 bits per heavy atom. The van der Waals surface area contributed by atoms with Gasteiger partial charge in [-0.1, -0.05) is 6.07 Å². The van der Waals surface area contributed by atoms with Crippen molar-refractivity contribution in [3.63, 3.8) is 0 Å². The number of nitrogens with zero attached hydrogens (tertiary/aromatic N) is 3. The Labute approximate surface area is 144 Å². The van der Waals surface area contributed by atoms with E-state index in [4.69, 9.17) is 9.15 Å². The normalized spacial score (nSPS) is 23.8. The van der Waals surface area contributed by atoms with Crippen LogP contribution in [-0.4, -0.2) is 33.1 Å². The highest BCUT2D eigenvalue weighted by molar-refractivity contribution is 7.13. The third-order valence-electron chi connectivity index (χ3n) is 5.05. The van der Waals surface area contributed by atoms with Gasteiger partial charge in [-0.3, -0.25) is 4.90 Å². The molecule has 124 valence electrons. The molecule has 0 aromatic carbocycles. The molecule has 5 heterocycles. The van der Waals surface area contributed by atoms with Crippen molar-refractivity contribution in [2.45, 2.75) is 31.7 Å². The van der Waals surface area contributed by atoms with Gasteiger partial charge in [0.25, 0.3) is 0 Å². The molecule has 0 bridgehead atoms. The number of fused-ring (bicyclic) bond motifs is 1. The first kappa shape index (κ1) is 14.5. The standard InChI is InChI=1S/C18H19N3O2S/c1-2-16(24-7-1)15-8-19-17-11-23-18(13-21(15)17)4-5-20(12-18)9-14-3-6-22-10-14/h1-3,6-8,10H,4-5,9,11-13H2/t18-/m0/s1. The molecule has 3 aromatic rings. The highest BCUT2D eigenvalue weighted by Gasteiger charge is 2.43. The number of thiophene rings is 1. The van der Waals surface area contributed by atoms with Crippen LogP contribution in [0.5, 0.6) is 0 Å². The Kier molecular flexibility index (Phi) is 3.36. The number of furan rings is 1. The van der Waals surface area contributed by atoms with Crippen molar-refractivity contribution < 1.29 is 9.15 Å². The number of ether oxygens (including phenoxy) is 1. The highest BCUT2D eigenvalue weighted by atomic mass is 32.1. The average molecular weight is 341 g/mol. The predicted octanol–water partition coefficient (Wildman–Crippen LogP) is 3.38. The fourth-order valence-corrected chi connectivity index (χ4v) is 4.57. The van der Waals surface area contributed by atoms with Gasteiger partial charge in [0, 0.05) is 25.2 Å². The Bertz CT molecular complexity index is 825. The zero-order chi connectivity index (χ0) is 16.0.